The van der Waals surface area contributed by atoms with Crippen molar-refractivity contribution in [3.8, 4) is 17.2 Å². The monoisotopic (exact) mass is 457 g/mol. The van der Waals surface area contributed by atoms with Crippen molar-refractivity contribution in [3.05, 3.63) is 52.0 Å². The van der Waals surface area contributed by atoms with E-state index in [0.717, 1.165) is 11.1 Å². The maximum absolute atomic E-state index is 13.0. The van der Waals surface area contributed by atoms with Crippen LogP contribution in [-0.4, -0.2) is 47.1 Å². The molecular formula is C20H21Cl2NO5S. The van der Waals surface area contributed by atoms with Crippen molar-refractivity contribution in [1.82, 2.24) is 4.31 Å². The van der Waals surface area contributed by atoms with Gasteiger partial charge in [-0.25, -0.2) is 8.42 Å². The Kier molecular flexibility index (Phi) is 6.63. The molecule has 0 radical (unpaired) electrons. The number of hydrogen-bond donors (Lipinski definition) is 0. The number of nitrogens with zero attached hydrogens (tertiary/aromatic N) is 1. The number of rotatable bonds is 6. The fourth-order valence-corrected chi connectivity index (χ4v) is 5.36. The minimum atomic E-state index is -3.77. The number of sulfonamides is 1. The normalized spacial score (nSPS) is 15.0. The van der Waals surface area contributed by atoms with Gasteiger partial charge in [-0.15, -0.1) is 0 Å². The first-order valence-corrected chi connectivity index (χ1v) is 11.0. The lowest BCUT2D eigenvalue weighted by molar-refractivity contribution is 0.372. The summed E-state index contributed by atoms with van der Waals surface area (Å²) in [5, 5.41) is 0.233. The van der Waals surface area contributed by atoms with Crippen LogP contribution in [0.2, 0.25) is 10.0 Å². The largest absolute Gasteiger partial charge is 0.496 e. The topological polar surface area (TPSA) is 65.1 Å². The summed E-state index contributed by atoms with van der Waals surface area (Å²) < 4.78 is 43.7. The van der Waals surface area contributed by atoms with E-state index in [4.69, 9.17) is 37.4 Å². The van der Waals surface area contributed by atoms with E-state index in [0.29, 0.717) is 23.7 Å². The van der Waals surface area contributed by atoms with Gasteiger partial charge in [0, 0.05) is 25.2 Å². The summed E-state index contributed by atoms with van der Waals surface area (Å²) in [4.78, 5) is 0.00289. The van der Waals surface area contributed by atoms with E-state index in [1.54, 1.807) is 45.6 Å². The van der Waals surface area contributed by atoms with Gasteiger partial charge in [-0.1, -0.05) is 35.3 Å². The first-order chi connectivity index (χ1) is 13.8. The van der Waals surface area contributed by atoms with Crippen LogP contribution < -0.4 is 14.2 Å². The van der Waals surface area contributed by atoms with Crippen LogP contribution in [-0.2, 0) is 10.0 Å². The molecule has 0 atom stereocenters. The molecule has 9 heteroatoms. The van der Waals surface area contributed by atoms with E-state index in [-0.39, 0.29) is 28.0 Å². The average molecular weight is 458 g/mol. The average Bonchev–Trinajstić information content (AvgIpc) is 2.74. The van der Waals surface area contributed by atoms with Crippen LogP contribution >= 0.6 is 23.2 Å². The van der Waals surface area contributed by atoms with Crippen LogP contribution in [0.15, 0.2) is 41.3 Å². The zero-order valence-corrected chi connectivity index (χ0v) is 18.6. The van der Waals surface area contributed by atoms with Crippen LogP contribution in [0.1, 0.15) is 12.0 Å². The van der Waals surface area contributed by atoms with E-state index in [2.05, 4.69) is 0 Å². The van der Waals surface area contributed by atoms with Gasteiger partial charge in [0.1, 0.15) is 22.1 Å². The Labute approximate surface area is 180 Å². The van der Waals surface area contributed by atoms with E-state index < -0.39 is 10.0 Å². The maximum atomic E-state index is 13.0. The molecule has 0 fully saturated rings. The molecule has 29 heavy (non-hydrogen) atoms. The van der Waals surface area contributed by atoms with Crippen molar-refractivity contribution in [2.75, 3.05) is 34.4 Å². The second-order valence-corrected chi connectivity index (χ2v) is 8.99. The molecule has 0 amide bonds. The summed E-state index contributed by atoms with van der Waals surface area (Å²) >= 11 is 12.1. The van der Waals surface area contributed by atoms with E-state index in [9.17, 15) is 8.42 Å². The molecule has 1 aliphatic heterocycles. The molecule has 0 aromatic heterocycles. The molecule has 156 valence electrons. The second kappa shape index (κ2) is 8.83. The van der Waals surface area contributed by atoms with Gasteiger partial charge in [-0.2, -0.15) is 4.31 Å². The van der Waals surface area contributed by atoms with Crippen molar-refractivity contribution >= 4 is 38.8 Å². The third-order valence-corrected chi connectivity index (χ3v) is 7.58. The van der Waals surface area contributed by atoms with Crippen molar-refractivity contribution in [3.63, 3.8) is 0 Å². The van der Waals surface area contributed by atoms with Crippen LogP contribution in [0.3, 0.4) is 0 Å². The lowest BCUT2D eigenvalue weighted by Crippen LogP contribution is -2.35. The van der Waals surface area contributed by atoms with Gasteiger partial charge in [-0.3, -0.25) is 0 Å². The Balaban J connectivity index is 1.95. The predicted octanol–water partition coefficient (Wildman–Crippen LogP) is 4.50. The van der Waals surface area contributed by atoms with Crippen molar-refractivity contribution < 1.29 is 22.6 Å². The molecule has 0 N–H and O–H groups in total. The smallest absolute Gasteiger partial charge is 0.244 e. The van der Waals surface area contributed by atoms with Crippen LogP contribution in [0.5, 0.6) is 17.2 Å². The minimum Gasteiger partial charge on any atom is -0.496 e. The van der Waals surface area contributed by atoms with E-state index in [1.807, 2.05) is 6.08 Å². The number of hydrogen-bond acceptors (Lipinski definition) is 5. The molecule has 2 aromatic rings. The zero-order chi connectivity index (χ0) is 21.2. The number of halogens is 2. The zero-order valence-electron chi connectivity index (χ0n) is 16.2. The predicted molar refractivity (Wildman–Crippen MR) is 114 cm³/mol. The van der Waals surface area contributed by atoms with Crippen molar-refractivity contribution in [2.45, 2.75) is 11.3 Å². The molecule has 0 unspecified atom stereocenters. The number of methoxy groups -OCH3 is 3. The van der Waals surface area contributed by atoms with Crippen molar-refractivity contribution in [2.24, 2.45) is 0 Å². The highest BCUT2D eigenvalue weighted by molar-refractivity contribution is 7.89. The summed E-state index contributed by atoms with van der Waals surface area (Å²) in [5.74, 6) is 1.81. The quantitative estimate of drug-likeness (QED) is 0.638. The molecule has 1 aliphatic rings. The van der Waals surface area contributed by atoms with Gasteiger partial charge in [-0.05, 0) is 24.1 Å². The number of benzene rings is 2. The van der Waals surface area contributed by atoms with Crippen LogP contribution in [0, 0.1) is 0 Å². The summed E-state index contributed by atoms with van der Waals surface area (Å²) in [6, 6.07) is 8.12. The SMILES string of the molecule is COc1cc(OC)c(C2=CCN(S(=O)(=O)c3cccc(Cl)c3Cl)CC2)c(OC)c1. The summed E-state index contributed by atoms with van der Waals surface area (Å²) in [7, 11) is 0.931. The first-order valence-electron chi connectivity index (χ1n) is 8.77. The molecule has 6 nitrogen and oxygen atoms in total. The molecule has 0 saturated carbocycles. The van der Waals surface area contributed by atoms with Crippen LogP contribution in [0.4, 0.5) is 0 Å². The highest BCUT2D eigenvalue weighted by atomic mass is 35.5. The lowest BCUT2D eigenvalue weighted by Gasteiger charge is -2.27. The highest BCUT2D eigenvalue weighted by Crippen LogP contribution is 2.41. The molecule has 0 spiro atoms. The fraction of sp³-hybridized carbons (Fsp3) is 0.300. The van der Waals surface area contributed by atoms with Gasteiger partial charge in [0.25, 0.3) is 0 Å². The summed E-state index contributed by atoms with van der Waals surface area (Å²) in [6.07, 6.45) is 2.34. The van der Waals surface area contributed by atoms with Gasteiger partial charge in [0.05, 0.1) is 36.9 Å². The molecule has 0 saturated heterocycles. The summed E-state index contributed by atoms with van der Waals surface area (Å²) in [5.41, 5.74) is 1.72. The van der Waals surface area contributed by atoms with Gasteiger partial charge in [0.15, 0.2) is 0 Å². The van der Waals surface area contributed by atoms with Crippen LogP contribution in [0.25, 0.3) is 5.57 Å². The minimum absolute atomic E-state index is 0.00289. The molecule has 0 bridgehead atoms. The first kappa shape index (κ1) is 21.8. The Morgan fingerprint density at radius 2 is 1.66 bits per heavy atom. The Morgan fingerprint density at radius 3 is 2.17 bits per heavy atom. The number of ether oxygens (including phenoxy) is 3. The second-order valence-electron chi connectivity index (χ2n) is 6.30. The summed E-state index contributed by atoms with van der Waals surface area (Å²) in [6.45, 7) is 0.480. The Morgan fingerprint density at radius 1 is 1.00 bits per heavy atom. The van der Waals surface area contributed by atoms with E-state index >= 15 is 0 Å². The highest BCUT2D eigenvalue weighted by Gasteiger charge is 2.30. The Bertz CT molecular complexity index is 1030. The third-order valence-electron chi connectivity index (χ3n) is 4.74. The van der Waals surface area contributed by atoms with Gasteiger partial charge < -0.3 is 14.2 Å². The fourth-order valence-electron chi connectivity index (χ4n) is 3.24. The molecule has 3 rings (SSSR count). The van der Waals surface area contributed by atoms with Gasteiger partial charge >= 0.3 is 0 Å². The lowest BCUT2D eigenvalue weighted by atomic mass is 9.98. The Hall–Kier alpha value is -1.93. The van der Waals surface area contributed by atoms with Gasteiger partial charge in [0.2, 0.25) is 10.0 Å². The standard InChI is InChI=1S/C20H21Cl2NO5S/c1-26-14-11-16(27-2)19(17(12-14)28-3)13-7-9-23(10-8-13)29(24,25)18-6-4-5-15(21)20(18)22/h4-7,11-12H,8-10H2,1-3H3. The third kappa shape index (κ3) is 4.19. The van der Waals surface area contributed by atoms with E-state index in [1.165, 1.54) is 10.4 Å². The molecule has 1 heterocycles. The van der Waals surface area contributed by atoms with Crippen molar-refractivity contribution in [1.29, 1.82) is 0 Å². The molecule has 2 aromatic carbocycles. The maximum Gasteiger partial charge on any atom is 0.244 e. The molecular weight excluding hydrogens is 437 g/mol. The molecule has 0 aliphatic carbocycles.